The summed E-state index contributed by atoms with van der Waals surface area (Å²) in [6.07, 6.45) is 2.64. The Balaban J connectivity index is 2.97. The minimum Gasteiger partial charge on any atom is -0.496 e. The molecule has 0 saturated heterocycles. The topological polar surface area (TPSA) is 65.1 Å². The van der Waals surface area contributed by atoms with Gasteiger partial charge in [-0.2, -0.15) is 0 Å². The number of ether oxygens (including phenoxy) is 3. The summed E-state index contributed by atoms with van der Waals surface area (Å²) in [5.41, 5.74) is 0.122. The van der Waals surface area contributed by atoms with Crippen molar-refractivity contribution < 1.29 is 23.8 Å². The Kier molecular flexibility index (Phi) is 6.23. The first-order valence-corrected chi connectivity index (χ1v) is 6.70. The van der Waals surface area contributed by atoms with Gasteiger partial charge in [0.05, 0.1) is 18.7 Å². The van der Waals surface area contributed by atoms with E-state index in [1.54, 1.807) is 19.0 Å². The molecule has 0 bridgehead atoms. The van der Waals surface area contributed by atoms with Crippen LogP contribution in [0.25, 0.3) is 0 Å². The molecule has 0 atom stereocenters. The molecule has 0 heterocycles. The van der Waals surface area contributed by atoms with Gasteiger partial charge in [-0.25, -0.2) is 9.59 Å². The summed E-state index contributed by atoms with van der Waals surface area (Å²) >= 11 is 3.26. The average Bonchev–Trinajstić information content (AvgIpc) is 2.44. The fourth-order valence-electron chi connectivity index (χ4n) is 1.41. The Hall–Kier alpha value is -2.02. The van der Waals surface area contributed by atoms with E-state index in [0.717, 1.165) is 6.08 Å². The highest BCUT2D eigenvalue weighted by molar-refractivity contribution is 9.10. The van der Waals surface area contributed by atoms with Gasteiger partial charge in [-0.05, 0) is 22.0 Å². The Morgan fingerprint density at radius 1 is 1.14 bits per heavy atom. The molecule has 0 unspecified atom stereocenters. The maximum absolute atomic E-state index is 12.0. The monoisotopic (exact) mass is 357 g/mol. The lowest BCUT2D eigenvalue weighted by atomic mass is 10.2. The lowest BCUT2D eigenvalue weighted by molar-refractivity contribution is -0.132. The molecule has 1 aromatic carbocycles. The zero-order valence-electron chi connectivity index (χ0n) is 12.2. The van der Waals surface area contributed by atoms with Gasteiger partial charge in [-0.3, -0.25) is 0 Å². The van der Waals surface area contributed by atoms with Crippen LogP contribution in [0, 0.1) is 0 Å². The van der Waals surface area contributed by atoms with Crippen LogP contribution < -0.4 is 9.47 Å². The number of carbonyl (C=O) groups excluding carboxylic acids is 2. The van der Waals surface area contributed by atoms with Gasteiger partial charge < -0.3 is 19.1 Å². The third kappa shape index (κ3) is 4.78. The second-order valence-corrected chi connectivity index (χ2v) is 5.03. The van der Waals surface area contributed by atoms with E-state index in [2.05, 4.69) is 15.9 Å². The average molecular weight is 358 g/mol. The van der Waals surface area contributed by atoms with Gasteiger partial charge >= 0.3 is 11.9 Å². The summed E-state index contributed by atoms with van der Waals surface area (Å²) in [7, 11) is 6.39. The number of halogens is 1. The van der Waals surface area contributed by atoms with Crippen molar-refractivity contribution in [1.82, 2.24) is 4.90 Å². The summed E-state index contributed by atoms with van der Waals surface area (Å²) in [5, 5.41) is 0. The van der Waals surface area contributed by atoms with Gasteiger partial charge in [0.1, 0.15) is 17.1 Å². The number of methoxy groups -OCH3 is 2. The zero-order chi connectivity index (χ0) is 16.0. The zero-order valence-corrected chi connectivity index (χ0v) is 13.8. The first-order valence-electron chi connectivity index (χ1n) is 5.91. The number of rotatable bonds is 5. The van der Waals surface area contributed by atoms with Crippen LogP contribution in [0.5, 0.6) is 11.5 Å². The third-order valence-electron chi connectivity index (χ3n) is 2.40. The van der Waals surface area contributed by atoms with Crippen molar-refractivity contribution in [2.45, 2.75) is 0 Å². The molecule has 7 heteroatoms. The normalized spacial score (nSPS) is 10.3. The van der Waals surface area contributed by atoms with Gasteiger partial charge in [-0.15, -0.1) is 0 Å². The van der Waals surface area contributed by atoms with Crippen molar-refractivity contribution in [3.05, 3.63) is 34.4 Å². The van der Waals surface area contributed by atoms with E-state index in [1.807, 2.05) is 0 Å². The SMILES string of the molecule is COc1cc(OC)c(C(=O)OC(=O)C=CN(C)C)cc1Br. The molecule has 0 radical (unpaired) electrons. The molecule has 0 aliphatic heterocycles. The second kappa shape index (κ2) is 7.68. The largest absolute Gasteiger partial charge is 0.496 e. The highest BCUT2D eigenvalue weighted by atomic mass is 79.9. The summed E-state index contributed by atoms with van der Waals surface area (Å²) < 4.78 is 15.5. The highest BCUT2D eigenvalue weighted by Crippen LogP contribution is 2.33. The molecular weight excluding hydrogens is 342 g/mol. The fourth-order valence-corrected chi connectivity index (χ4v) is 1.92. The van der Waals surface area contributed by atoms with Crippen molar-refractivity contribution in [2.75, 3.05) is 28.3 Å². The van der Waals surface area contributed by atoms with Crippen LogP contribution in [0.15, 0.2) is 28.9 Å². The van der Waals surface area contributed by atoms with E-state index in [4.69, 9.17) is 14.2 Å². The number of nitrogens with zero attached hydrogens (tertiary/aromatic N) is 1. The van der Waals surface area contributed by atoms with Gasteiger partial charge in [0.2, 0.25) is 0 Å². The standard InChI is InChI=1S/C14H16BrNO5/c1-16(2)6-5-13(17)21-14(18)9-7-10(15)12(20-4)8-11(9)19-3/h5-8H,1-4H3. The summed E-state index contributed by atoms with van der Waals surface area (Å²) in [4.78, 5) is 25.2. The highest BCUT2D eigenvalue weighted by Gasteiger charge is 2.19. The molecule has 1 rings (SSSR count). The first-order chi connectivity index (χ1) is 9.88. The number of carbonyl (C=O) groups is 2. The van der Waals surface area contributed by atoms with E-state index < -0.39 is 11.9 Å². The molecule has 0 saturated carbocycles. The molecule has 0 aliphatic rings. The Morgan fingerprint density at radius 2 is 1.76 bits per heavy atom. The lowest BCUT2D eigenvalue weighted by Gasteiger charge is -2.11. The molecule has 0 N–H and O–H groups in total. The predicted molar refractivity (Wildman–Crippen MR) is 80.5 cm³/mol. The van der Waals surface area contributed by atoms with Crippen molar-refractivity contribution in [3.63, 3.8) is 0 Å². The van der Waals surface area contributed by atoms with Crippen molar-refractivity contribution >= 4 is 27.9 Å². The van der Waals surface area contributed by atoms with Crippen LogP contribution >= 0.6 is 15.9 Å². The van der Waals surface area contributed by atoms with Crippen molar-refractivity contribution in [2.24, 2.45) is 0 Å². The van der Waals surface area contributed by atoms with Gasteiger partial charge in [0.15, 0.2) is 0 Å². The number of hydrogen-bond acceptors (Lipinski definition) is 6. The molecule has 0 aromatic heterocycles. The summed E-state index contributed by atoms with van der Waals surface area (Å²) in [6, 6.07) is 3.00. The van der Waals surface area contributed by atoms with E-state index in [-0.39, 0.29) is 11.3 Å². The van der Waals surface area contributed by atoms with Gasteiger partial charge in [0.25, 0.3) is 0 Å². The molecule has 0 amide bonds. The van der Waals surface area contributed by atoms with E-state index in [1.165, 1.54) is 32.6 Å². The molecule has 1 aromatic rings. The molecule has 0 spiro atoms. The van der Waals surface area contributed by atoms with Crippen LogP contribution in [0.3, 0.4) is 0 Å². The van der Waals surface area contributed by atoms with Gasteiger partial charge in [-0.1, -0.05) is 0 Å². The lowest BCUT2D eigenvalue weighted by Crippen LogP contribution is -2.13. The second-order valence-electron chi connectivity index (χ2n) is 4.17. The first kappa shape index (κ1) is 17.0. The van der Waals surface area contributed by atoms with Gasteiger partial charge in [0, 0.05) is 32.4 Å². The van der Waals surface area contributed by atoms with E-state index in [0.29, 0.717) is 10.2 Å². The van der Waals surface area contributed by atoms with Crippen molar-refractivity contribution in [3.8, 4) is 11.5 Å². The molecule has 0 fully saturated rings. The van der Waals surface area contributed by atoms with Crippen molar-refractivity contribution in [1.29, 1.82) is 0 Å². The smallest absolute Gasteiger partial charge is 0.349 e. The molecule has 6 nitrogen and oxygen atoms in total. The maximum Gasteiger partial charge on any atom is 0.349 e. The molecule has 0 aliphatic carbocycles. The maximum atomic E-state index is 12.0. The van der Waals surface area contributed by atoms with Crippen LogP contribution in [0.1, 0.15) is 10.4 Å². The number of esters is 2. The van der Waals surface area contributed by atoms with Crippen LogP contribution in [-0.2, 0) is 9.53 Å². The quantitative estimate of drug-likeness (QED) is 0.457. The molecule has 114 valence electrons. The molecule has 21 heavy (non-hydrogen) atoms. The summed E-state index contributed by atoms with van der Waals surface area (Å²) in [5.74, 6) is -0.807. The molecular formula is C14H16BrNO5. The Bertz CT molecular complexity index is 569. The van der Waals surface area contributed by atoms with E-state index >= 15 is 0 Å². The Labute approximate surface area is 131 Å². The third-order valence-corrected chi connectivity index (χ3v) is 3.02. The van der Waals surface area contributed by atoms with Crippen LogP contribution in [0.2, 0.25) is 0 Å². The van der Waals surface area contributed by atoms with Crippen LogP contribution in [-0.4, -0.2) is 45.2 Å². The number of benzene rings is 1. The minimum absolute atomic E-state index is 0.122. The van der Waals surface area contributed by atoms with Crippen LogP contribution in [0.4, 0.5) is 0 Å². The number of hydrogen-bond donors (Lipinski definition) is 0. The Morgan fingerprint density at radius 3 is 2.29 bits per heavy atom. The fraction of sp³-hybridized carbons (Fsp3) is 0.286. The summed E-state index contributed by atoms with van der Waals surface area (Å²) in [6.45, 7) is 0. The minimum atomic E-state index is -0.802. The predicted octanol–water partition coefficient (Wildman–Crippen LogP) is 2.22. The van der Waals surface area contributed by atoms with E-state index in [9.17, 15) is 9.59 Å².